The third-order valence-corrected chi connectivity index (χ3v) is 11.2. The molecule has 0 unspecified atom stereocenters. The Balaban J connectivity index is 1.25. The van der Waals surface area contributed by atoms with E-state index >= 15 is 0 Å². The van der Waals surface area contributed by atoms with Gasteiger partial charge in [-0.3, -0.25) is 0 Å². The Kier molecular flexibility index (Phi) is 6.78. The van der Waals surface area contributed by atoms with Crippen LogP contribution in [0.25, 0.3) is 66.1 Å². The molecule has 52 heavy (non-hydrogen) atoms. The maximum absolute atomic E-state index is 6.50. The predicted octanol–water partition coefficient (Wildman–Crippen LogP) is 14.2. The van der Waals surface area contributed by atoms with Crippen LogP contribution in [0.15, 0.2) is 174 Å². The molecule has 0 bridgehead atoms. The van der Waals surface area contributed by atoms with Crippen molar-refractivity contribution in [2.24, 2.45) is 0 Å². The number of hydrogen-bond donors (Lipinski definition) is 0. The van der Waals surface area contributed by atoms with E-state index in [1.165, 1.54) is 60.8 Å². The van der Waals surface area contributed by atoms with E-state index < -0.39 is 0 Å². The predicted molar refractivity (Wildman–Crippen MR) is 219 cm³/mol. The number of anilines is 3. The number of fused-ring (bicyclic) bond motifs is 7. The fourth-order valence-electron chi connectivity index (χ4n) is 8.64. The van der Waals surface area contributed by atoms with Crippen LogP contribution in [0.2, 0.25) is 0 Å². The molecule has 2 heteroatoms. The van der Waals surface area contributed by atoms with Gasteiger partial charge in [-0.1, -0.05) is 135 Å². The average molecular weight is 668 g/mol. The SMILES string of the molecule is Cc1cc(-c2cccc3ccccc23)cc(-c2ccccc2)c1N(c1ccc2c(c1)C(C)(C)c1ccccc1-2)c1ccc2c(c1)oc1ccccc12. The quantitative estimate of drug-likeness (QED) is 0.182. The number of hydrogen-bond acceptors (Lipinski definition) is 2. The van der Waals surface area contributed by atoms with E-state index in [1.54, 1.807) is 0 Å². The molecule has 248 valence electrons. The zero-order chi connectivity index (χ0) is 35.0. The van der Waals surface area contributed by atoms with Crippen molar-refractivity contribution >= 4 is 49.8 Å². The number of aryl methyl sites for hydroxylation is 1. The van der Waals surface area contributed by atoms with Crippen LogP contribution in [-0.2, 0) is 5.41 Å². The van der Waals surface area contributed by atoms with E-state index in [0.717, 1.165) is 39.0 Å². The molecule has 1 heterocycles. The normalized spacial score (nSPS) is 13.1. The molecule has 1 aliphatic carbocycles. The maximum atomic E-state index is 6.50. The van der Waals surface area contributed by atoms with Crippen LogP contribution in [0.4, 0.5) is 17.1 Å². The largest absolute Gasteiger partial charge is 0.456 e. The van der Waals surface area contributed by atoms with E-state index in [1.807, 2.05) is 6.07 Å². The third kappa shape index (κ3) is 4.64. The second-order valence-corrected chi connectivity index (χ2v) is 14.6. The second-order valence-electron chi connectivity index (χ2n) is 14.6. The zero-order valence-electron chi connectivity index (χ0n) is 29.5. The smallest absolute Gasteiger partial charge is 0.137 e. The van der Waals surface area contributed by atoms with Crippen molar-refractivity contribution in [3.63, 3.8) is 0 Å². The van der Waals surface area contributed by atoms with Crippen LogP contribution in [0.3, 0.4) is 0 Å². The van der Waals surface area contributed by atoms with Gasteiger partial charge in [0.05, 0.1) is 5.69 Å². The molecule has 0 radical (unpaired) electrons. The van der Waals surface area contributed by atoms with Gasteiger partial charge in [-0.05, 0) is 105 Å². The van der Waals surface area contributed by atoms with E-state index in [0.29, 0.717) is 0 Å². The van der Waals surface area contributed by atoms with Crippen molar-refractivity contribution in [3.05, 3.63) is 187 Å². The molecular formula is C50H37NO. The lowest BCUT2D eigenvalue weighted by Crippen LogP contribution is -2.17. The first-order chi connectivity index (χ1) is 25.5. The Morgan fingerprint density at radius 3 is 1.98 bits per heavy atom. The van der Waals surface area contributed by atoms with Gasteiger partial charge < -0.3 is 9.32 Å². The van der Waals surface area contributed by atoms with Gasteiger partial charge in [0.25, 0.3) is 0 Å². The highest BCUT2D eigenvalue weighted by Gasteiger charge is 2.36. The third-order valence-electron chi connectivity index (χ3n) is 11.2. The minimum atomic E-state index is -0.133. The monoisotopic (exact) mass is 667 g/mol. The molecule has 10 rings (SSSR count). The molecule has 1 aromatic heterocycles. The Morgan fingerprint density at radius 2 is 1.10 bits per heavy atom. The summed E-state index contributed by atoms with van der Waals surface area (Å²) in [5.41, 5.74) is 16.3. The first-order valence-corrected chi connectivity index (χ1v) is 18.1. The minimum Gasteiger partial charge on any atom is -0.456 e. The van der Waals surface area contributed by atoms with Crippen LogP contribution in [-0.4, -0.2) is 0 Å². The summed E-state index contributed by atoms with van der Waals surface area (Å²) in [5.74, 6) is 0. The fourth-order valence-corrected chi connectivity index (χ4v) is 8.64. The van der Waals surface area contributed by atoms with Crippen molar-refractivity contribution in [2.75, 3.05) is 4.90 Å². The van der Waals surface area contributed by atoms with Gasteiger partial charge in [0.1, 0.15) is 11.2 Å². The van der Waals surface area contributed by atoms with Crippen LogP contribution in [0, 0.1) is 6.92 Å². The molecule has 0 saturated carbocycles. The van der Waals surface area contributed by atoms with Crippen molar-refractivity contribution < 1.29 is 4.42 Å². The molecule has 9 aromatic rings. The van der Waals surface area contributed by atoms with Crippen LogP contribution in [0.1, 0.15) is 30.5 Å². The molecule has 0 saturated heterocycles. The molecule has 2 nitrogen and oxygen atoms in total. The fraction of sp³-hybridized carbons (Fsp3) is 0.0800. The number of nitrogens with zero attached hydrogens (tertiary/aromatic N) is 1. The lowest BCUT2D eigenvalue weighted by Gasteiger charge is -2.31. The van der Waals surface area contributed by atoms with Crippen LogP contribution < -0.4 is 4.90 Å². The molecule has 0 fully saturated rings. The van der Waals surface area contributed by atoms with Crippen molar-refractivity contribution in [1.82, 2.24) is 0 Å². The Morgan fingerprint density at radius 1 is 0.442 bits per heavy atom. The van der Waals surface area contributed by atoms with Crippen molar-refractivity contribution in [1.29, 1.82) is 0 Å². The molecule has 0 aliphatic heterocycles. The Bertz CT molecular complexity index is 2830. The summed E-state index contributed by atoms with van der Waals surface area (Å²) in [5, 5.41) is 4.75. The first kappa shape index (κ1) is 30.4. The topological polar surface area (TPSA) is 16.4 Å². The van der Waals surface area contributed by atoms with E-state index in [4.69, 9.17) is 4.42 Å². The summed E-state index contributed by atoms with van der Waals surface area (Å²) in [7, 11) is 0. The molecule has 0 amide bonds. The summed E-state index contributed by atoms with van der Waals surface area (Å²) in [4.78, 5) is 2.45. The zero-order valence-corrected chi connectivity index (χ0v) is 29.5. The number of benzene rings is 8. The van der Waals surface area contributed by atoms with Crippen molar-refractivity contribution in [2.45, 2.75) is 26.2 Å². The van der Waals surface area contributed by atoms with Gasteiger partial charge in [-0.2, -0.15) is 0 Å². The van der Waals surface area contributed by atoms with Gasteiger partial charge >= 0.3 is 0 Å². The number of para-hydroxylation sites is 1. The Labute approximate surface area is 304 Å². The highest BCUT2D eigenvalue weighted by molar-refractivity contribution is 6.07. The van der Waals surface area contributed by atoms with Crippen molar-refractivity contribution in [3.8, 4) is 33.4 Å². The van der Waals surface area contributed by atoms with Gasteiger partial charge in [-0.25, -0.2) is 0 Å². The lowest BCUT2D eigenvalue weighted by atomic mass is 9.82. The molecule has 0 spiro atoms. The molecule has 0 atom stereocenters. The lowest BCUT2D eigenvalue weighted by molar-refractivity contribution is 0.660. The second kappa shape index (κ2) is 11.6. The first-order valence-electron chi connectivity index (χ1n) is 18.1. The molecule has 0 N–H and O–H groups in total. The number of rotatable bonds is 5. The summed E-state index contributed by atoms with van der Waals surface area (Å²) >= 11 is 0. The maximum Gasteiger partial charge on any atom is 0.137 e. The van der Waals surface area contributed by atoms with Gasteiger partial charge in [0.2, 0.25) is 0 Å². The molecular weight excluding hydrogens is 631 g/mol. The van der Waals surface area contributed by atoms with Gasteiger partial charge in [0, 0.05) is 39.2 Å². The van der Waals surface area contributed by atoms with E-state index in [9.17, 15) is 0 Å². The highest BCUT2D eigenvalue weighted by Crippen LogP contribution is 2.52. The Hall–Kier alpha value is -6.38. The molecule has 8 aromatic carbocycles. The average Bonchev–Trinajstić information content (AvgIpc) is 3.67. The van der Waals surface area contributed by atoms with E-state index in [-0.39, 0.29) is 5.41 Å². The number of furan rings is 1. The summed E-state index contributed by atoms with van der Waals surface area (Å²) in [6.45, 7) is 6.97. The summed E-state index contributed by atoms with van der Waals surface area (Å²) in [6.07, 6.45) is 0. The van der Waals surface area contributed by atoms with Gasteiger partial charge in [0.15, 0.2) is 0 Å². The molecule has 1 aliphatic rings. The van der Waals surface area contributed by atoms with Crippen LogP contribution >= 0.6 is 0 Å². The standard InChI is InChI=1S/C50H37NO/c1-32-28-35(39-21-13-17-33-16-7-8-18-38(33)39)29-44(34-14-5-4-6-15-34)49(32)51(37-25-27-43-42-20-10-12-23-47(42)52-48(43)31-37)36-24-26-41-40-19-9-11-22-45(40)50(2,3)46(41)30-36/h4-31H,1-3H3. The van der Waals surface area contributed by atoms with Crippen LogP contribution in [0.5, 0.6) is 0 Å². The highest BCUT2D eigenvalue weighted by atomic mass is 16.3. The summed E-state index contributed by atoms with van der Waals surface area (Å²) < 4.78 is 6.50. The minimum absolute atomic E-state index is 0.133. The van der Waals surface area contributed by atoms with Gasteiger partial charge in [-0.15, -0.1) is 0 Å². The summed E-state index contributed by atoms with van der Waals surface area (Å²) in [6, 6.07) is 61.8. The van der Waals surface area contributed by atoms with E-state index in [2.05, 4.69) is 189 Å².